The normalized spacial score (nSPS) is 10.3. The molecule has 0 saturated heterocycles. The highest BCUT2D eigenvalue weighted by Gasteiger charge is 2.05. The number of nitro groups is 1. The summed E-state index contributed by atoms with van der Waals surface area (Å²) in [6.45, 7) is 0. The lowest BCUT2D eigenvalue weighted by Gasteiger charge is -2.08. The molecule has 0 amide bonds. The molecule has 0 aliphatic rings. The maximum Gasteiger partial charge on any atom is 0.269 e. The van der Waals surface area contributed by atoms with Gasteiger partial charge >= 0.3 is 0 Å². The Morgan fingerprint density at radius 3 is 2.57 bits per heavy atom. The molecule has 2 aromatic rings. The van der Waals surface area contributed by atoms with Gasteiger partial charge < -0.3 is 10.5 Å². The van der Waals surface area contributed by atoms with Gasteiger partial charge in [-0.25, -0.2) is 0 Å². The third-order valence-corrected chi connectivity index (χ3v) is 4.09. The number of nitrogens with zero attached hydrogens (tertiary/aromatic N) is 1. The van der Waals surface area contributed by atoms with E-state index in [0.717, 1.165) is 34.1 Å². The van der Waals surface area contributed by atoms with Gasteiger partial charge in [-0.05, 0) is 30.2 Å². The average molecular weight is 304 g/mol. The maximum absolute atomic E-state index is 10.6. The molecule has 0 atom stereocenters. The molecule has 5 nitrogen and oxygen atoms in total. The minimum atomic E-state index is -0.393. The Kier molecular flexibility index (Phi) is 5.05. The van der Waals surface area contributed by atoms with E-state index in [1.54, 1.807) is 31.0 Å². The van der Waals surface area contributed by atoms with Crippen molar-refractivity contribution in [1.29, 1.82) is 0 Å². The minimum Gasteiger partial charge on any atom is -0.497 e. The smallest absolute Gasteiger partial charge is 0.269 e. The van der Waals surface area contributed by atoms with Crippen LogP contribution < -0.4 is 10.5 Å². The first-order valence-corrected chi connectivity index (χ1v) is 7.38. The predicted molar refractivity (Wildman–Crippen MR) is 84.9 cm³/mol. The molecule has 0 radical (unpaired) electrons. The molecular formula is C15H16N2O3S. The lowest BCUT2D eigenvalue weighted by molar-refractivity contribution is -0.384. The van der Waals surface area contributed by atoms with E-state index in [1.807, 2.05) is 18.2 Å². The quantitative estimate of drug-likeness (QED) is 0.382. The van der Waals surface area contributed by atoms with Crippen LogP contribution in [0, 0.1) is 10.1 Å². The lowest BCUT2D eigenvalue weighted by Crippen LogP contribution is -1.94. The molecule has 0 saturated carbocycles. The van der Waals surface area contributed by atoms with Gasteiger partial charge in [-0.3, -0.25) is 10.1 Å². The number of aryl methyl sites for hydroxylation is 1. The molecule has 6 heteroatoms. The fourth-order valence-electron chi connectivity index (χ4n) is 1.83. The number of ether oxygens (including phenoxy) is 1. The zero-order valence-electron chi connectivity index (χ0n) is 11.6. The highest BCUT2D eigenvalue weighted by Crippen LogP contribution is 2.29. The van der Waals surface area contributed by atoms with Crippen LogP contribution in [0.4, 0.5) is 11.4 Å². The van der Waals surface area contributed by atoms with E-state index in [-0.39, 0.29) is 5.69 Å². The Labute approximate surface area is 127 Å². The van der Waals surface area contributed by atoms with Crippen molar-refractivity contribution >= 4 is 23.1 Å². The highest BCUT2D eigenvalue weighted by atomic mass is 32.2. The van der Waals surface area contributed by atoms with Gasteiger partial charge in [-0.2, -0.15) is 0 Å². The largest absolute Gasteiger partial charge is 0.497 e. The first kappa shape index (κ1) is 15.2. The summed E-state index contributed by atoms with van der Waals surface area (Å²) in [5, 5.41) is 10.6. The molecule has 110 valence electrons. The van der Waals surface area contributed by atoms with Gasteiger partial charge in [0.1, 0.15) is 5.75 Å². The van der Waals surface area contributed by atoms with E-state index in [1.165, 1.54) is 12.1 Å². The molecule has 0 aliphatic heterocycles. The molecule has 0 spiro atoms. The molecule has 2 rings (SSSR count). The number of hydrogen-bond acceptors (Lipinski definition) is 5. The van der Waals surface area contributed by atoms with Crippen LogP contribution in [0.3, 0.4) is 0 Å². The number of hydrogen-bond donors (Lipinski definition) is 1. The van der Waals surface area contributed by atoms with Crippen LogP contribution >= 0.6 is 11.8 Å². The molecule has 0 heterocycles. The second-order valence-electron chi connectivity index (χ2n) is 4.43. The summed E-state index contributed by atoms with van der Waals surface area (Å²) in [6, 6.07) is 12.2. The van der Waals surface area contributed by atoms with Crippen molar-refractivity contribution in [2.24, 2.45) is 0 Å². The highest BCUT2D eigenvalue weighted by molar-refractivity contribution is 7.99. The molecule has 2 aromatic carbocycles. The third kappa shape index (κ3) is 4.13. The van der Waals surface area contributed by atoms with E-state index < -0.39 is 4.92 Å². The van der Waals surface area contributed by atoms with Crippen LogP contribution in [0.25, 0.3) is 0 Å². The Bertz CT molecular complexity index is 629. The van der Waals surface area contributed by atoms with Crippen LogP contribution in [-0.4, -0.2) is 17.8 Å². The molecule has 21 heavy (non-hydrogen) atoms. The summed E-state index contributed by atoms with van der Waals surface area (Å²) >= 11 is 1.64. The summed E-state index contributed by atoms with van der Waals surface area (Å²) in [4.78, 5) is 11.2. The molecule has 0 bridgehead atoms. The SMILES string of the molecule is COc1ccc(N)c(SCCc2ccc([N+](=O)[O-])cc2)c1. The van der Waals surface area contributed by atoms with E-state index in [4.69, 9.17) is 10.5 Å². The Hall–Kier alpha value is -2.21. The van der Waals surface area contributed by atoms with Gasteiger partial charge in [0, 0.05) is 28.5 Å². The summed E-state index contributed by atoms with van der Waals surface area (Å²) < 4.78 is 5.18. The number of nitrogens with two attached hydrogens (primary N) is 1. The molecule has 0 unspecified atom stereocenters. The second kappa shape index (κ2) is 6.99. The fourth-order valence-corrected chi connectivity index (χ4v) is 2.82. The number of non-ortho nitro benzene ring substituents is 1. The zero-order chi connectivity index (χ0) is 15.2. The summed E-state index contributed by atoms with van der Waals surface area (Å²) in [5.74, 6) is 1.62. The van der Waals surface area contributed by atoms with Gasteiger partial charge in [0.2, 0.25) is 0 Å². The standard InChI is InChI=1S/C15H16N2O3S/c1-20-13-6-7-14(16)15(10-13)21-9-8-11-2-4-12(5-3-11)17(18)19/h2-7,10H,8-9,16H2,1H3. The van der Waals surface area contributed by atoms with Crippen molar-refractivity contribution in [3.63, 3.8) is 0 Å². The fraction of sp³-hybridized carbons (Fsp3) is 0.200. The van der Waals surface area contributed by atoms with Crippen LogP contribution in [0.15, 0.2) is 47.4 Å². The molecular weight excluding hydrogens is 288 g/mol. The van der Waals surface area contributed by atoms with Crippen LogP contribution in [0.1, 0.15) is 5.56 Å². The second-order valence-corrected chi connectivity index (χ2v) is 5.56. The zero-order valence-corrected chi connectivity index (χ0v) is 12.4. The number of benzene rings is 2. The number of nitro benzene ring substituents is 1. The van der Waals surface area contributed by atoms with Crippen molar-refractivity contribution in [2.45, 2.75) is 11.3 Å². The number of methoxy groups -OCH3 is 1. The number of anilines is 1. The summed E-state index contributed by atoms with van der Waals surface area (Å²) in [6.07, 6.45) is 0.819. The maximum atomic E-state index is 10.6. The monoisotopic (exact) mass is 304 g/mol. The van der Waals surface area contributed by atoms with Crippen LogP contribution in [0.2, 0.25) is 0 Å². The van der Waals surface area contributed by atoms with Crippen LogP contribution in [0.5, 0.6) is 5.75 Å². The number of thioether (sulfide) groups is 1. The Balaban J connectivity index is 1.93. The first-order chi connectivity index (χ1) is 10.1. The summed E-state index contributed by atoms with van der Waals surface area (Å²) in [7, 11) is 1.62. The van der Waals surface area contributed by atoms with E-state index in [9.17, 15) is 10.1 Å². The van der Waals surface area contributed by atoms with Gasteiger partial charge in [-0.15, -0.1) is 11.8 Å². The van der Waals surface area contributed by atoms with Gasteiger partial charge in [0.15, 0.2) is 0 Å². The predicted octanol–water partition coefficient (Wildman–Crippen LogP) is 3.52. The van der Waals surface area contributed by atoms with E-state index >= 15 is 0 Å². The van der Waals surface area contributed by atoms with Crippen molar-refractivity contribution in [3.8, 4) is 5.75 Å². The Morgan fingerprint density at radius 1 is 1.24 bits per heavy atom. The van der Waals surface area contributed by atoms with Gasteiger partial charge in [0.05, 0.1) is 12.0 Å². The van der Waals surface area contributed by atoms with E-state index in [0.29, 0.717) is 0 Å². The van der Waals surface area contributed by atoms with Crippen molar-refractivity contribution < 1.29 is 9.66 Å². The molecule has 0 aliphatic carbocycles. The average Bonchev–Trinajstić information content (AvgIpc) is 2.49. The third-order valence-electron chi connectivity index (χ3n) is 3.02. The Morgan fingerprint density at radius 2 is 1.95 bits per heavy atom. The number of rotatable bonds is 6. The minimum absolute atomic E-state index is 0.114. The number of nitrogen functional groups attached to an aromatic ring is 1. The topological polar surface area (TPSA) is 78.4 Å². The first-order valence-electron chi connectivity index (χ1n) is 6.40. The van der Waals surface area contributed by atoms with Crippen molar-refractivity contribution in [1.82, 2.24) is 0 Å². The van der Waals surface area contributed by atoms with Crippen molar-refractivity contribution in [2.75, 3.05) is 18.6 Å². The van der Waals surface area contributed by atoms with E-state index in [2.05, 4.69) is 0 Å². The van der Waals surface area contributed by atoms with Gasteiger partial charge in [0.25, 0.3) is 5.69 Å². The molecule has 0 aromatic heterocycles. The van der Waals surface area contributed by atoms with Crippen LogP contribution in [-0.2, 0) is 6.42 Å². The molecule has 0 fully saturated rings. The summed E-state index contributed by atoms with van der Waals surface area (Å²) in [5.41, 5.74) is 7.83. The lowest BCUT2D eigenvalue weighted by atomic mass is 10.1. The van der Waals surface area contributed by atoms with Gasteiger partial charge in [-0.1, -0.05) is 12.1 Å². The molecule has 2 N–H and O–H groups in total. The van der Waals surface area contributed by atoms with Crippen molar-refractivity contribution in [3.05, 3.63) is 58.1 Å².